The number of fused-ring (bicyclic) bond motifs is 2. The van der Waals surface area contributed by atoms with Crippen molar-refractivity contribution >= 4 is 45.7 Å². The van der Waals surface area contributed by atoms with Gasteiger partial charge in [0.25, 0.3) is 0 Å². The average Bonchev–Trinajstić information content (AvgIpc) is 2.69. The van der Waals surface area contributed by atoms with Gasteiger partial charge in [-0.15, -0.1) is 0 Å². The maximum atomic E-state index is 9.53. The number of hydrogen-bond acceptors (Lipinski definition) is 4. The minimum atomic E-state index is 0. The van der Waals surface area contributed by atoms with Crippen LogP contribution in [0.5, 0.6) is 11.5 Å². The third-order valence-corrected chi connectivity index (χ3v) is 4.24. The van der Waals surface area contributed by atoms with Gasteiger partial charge in [-0.25, -0.2) is 9.97 Å². The Morgan fingerprint density at radius 2 is 1.04 bits per heavy atom. The second-order valence-corrected chi connectivity index (χ2v) is 6.01. The smallest absolute Gasteiger partial charge is 0.141 e. The monoisotopic (exact) mass is 466 g/mol. The summed E-state index contributed by atoms with van der Waals surface area (Å²) in [7, 11) is 0. The Balaban J connectivity index is 0.000000187. The third kappa shape index (κ3) is 4.89. The SMILES string of the molecule is CCc1ccc2cccc(O)c2n1.CCc1ccc2cccc(O)c2n1.[Sn]. The van der Waals surface area contributed by atoms with Gasteiger partial charge in [-0.3, -0.25) is 0 Å². The number of rotatable bonds is 2. The van der Waals surface area contributed by atoms with Crippen LogP contribution < -0.4 is 0 Å². The average molecular weight is 465 g/mol. The standard InChI is InChI=1S/2C11H11NO.Sn/c2*1-2-9-7-6-8-4-3-5-10(13)11(8)12-9;/h2*3-7,13H,2H2,1H3;. The van der Waals surface area contributed by atoms with Crippen molar-refractivity contribution in [2.75, 3.05) is 0 Å². The van der Waals surface area contributed by atoms with Crippen LogP contribution in [0, 0.1) is 0 Å². The van der Waals surface area contributed by atoms with Gasteiger partial charge >= 0.3 is 0 Å². The topological polar surface area (TPSA) is 66.2 Å². The van der Waals surface area contributed by atoms with E-state index >= 15 is 0 Å². The van der Waals surface area contributed by atoms with Crippen molar-refractivity contribution in [3.63, 3.8) is 0 Å². The molecule has 0 bridgehead atoms. The van der Waals surface area contributed by atoms with Crippen LogP contribution in [0.3, 0.4) is 0 Å². The van der Waals surface area contributed by atoms with Gasteiger partial charge < -0.3 is 10.2 Å². The van der Waals surface area contributed by atoms with Crippen molar-refractivity contribution in [2.45, 2.75) is 26.7 Å². The fourth-order valence-electron chi connectivity index (χ4n) is 2.74. The molecule has 0 aliphatic heterocycles. The fraction of sp³-hybridized carbons (Fsp3) is 0.182. The minimum Gasteiger partial charge on any atom is -0.506 e. The first-order valence-electron chi connectivity index (χ1n) is 8.77. The Hall–Kier alpha value is -2.34. The van der Waals surface area contributed by atoms with Crippen LogP contribution in [0.2, 0.25) is 0 Å². The summed E-state index contributed by atoms with van der Waals surface area (Å²) in [5.41, 5.74) is 3.41. The quantitative estimate of drug-likeness (QED) is 0.424. The van der Waals surface area contributed by atoms with Crippen LogP contribution in [0.15, 0.2) is 60.7 Å². The van der Waals surface area contributed by atoms with Gasteiger partial charge in [0.15, 0.2) is 0 Å². The van der Waals surface area contributed by atoms with Crippen LogP contribution in [-0.4, -0.2) is 44.1 Å². The number of aryl methyl sites for hydroxylation is 2. The molecule has 0 aliphatic rings. The molecule has 4 radical (unpaired) electrons. The molecule has 0 atom stereocenters. The maximum Gasteiger partial charge on any atom is 0.141 e. The second kappa shape index (κ2) is 9.55. The number of benzene rings is 2. The Labute approximate surface area is 175 Å². The van der Waals surface area contributed by atoms with Crippen LogP contribution in [-0.2, 0) is 12.8 Å². The molecule has 0 aliphatic carbocycles. The molecular weight excluding hydrogens is 443 g/mol. The third-order valence-electron chi connectivity index (χ3n) is 4.24. The van der Waals surface area contributed by atoms with E-state index in [2.05, 4.69) is 9.97 Å². The van der Waals surface area contributed by atoms with Gasteiger partial charge in [-0.05, 0) is 37.1 Å². The summed E-state index contributed by atoms with van der Waals surface area (Å²) < 4.78 is 0. The van der Waals surface area contributed by atoms with Crippen LogP contribution in [0.4, 0.5) is 0 Å². The van der Waals surface area contributed by atoms with Crippen LogP contribution >= 0.6 is 0 Å². The van der Waals surface area contributed by atoms with Gasteiger partial charge in [0, 0.05) is 46.1 Å². The van der Waals surface area contributed by atoms with Crippen molar-refractivity contribution in [1.29, 1.82) is 0 Å². The molecule has 0 amide bonds. The minimum absolute atomic E-state index is 0. The van der Waals surface area contributed by atoms with Gasteiger partial charge in [0.2, 0.25) is 0 Å². The molecule has 0 fully saturated rings. The summed E-state index contributed by atoms with van der Waals surface area (Å²) >= 11 is 0. The van der Waals surface area contributed by atoms with E-state index in [1.54, 1.807) is 12.1 Å². The van der Waals surface area contributed by atoms with Crippen molar-refractivity contribution in [1.82, 2.24) is 9.97 Å². The molecule has 0 spiro atoms. The number of phenolic OH excluding ortho intramolecular Hbond substituents is 2. The van der Waals surface area contributed by atoms with Gasteiger partial charge in [-0.1, -0.05) is 50.2 Å². The number of para-hydroxylation sites is 2. The largest absolute Gasteiger partial charge is 0.506 e. The maximum absolute atomic E-state index is 9.53. The van der Waals surface area contributed by atoms with Crippen molar-refractivity contribution in [3.8, 4) is 11.5 Å². The summed E-state index contributed by atoms with van der Waals surface area (Å²) in [5.74, 6) is 0.514. The fourth-order valence-corrected chi connectivity index (χ4v) is 2.74. The molecule has 0 saturated heterocycles. The Bertz CT molecular complexity index is 965. The summed E-state index contributed by atoms with van der Waals surface area (Å²) in [6.45, 7) is 4.10. The van der Waals surface area contributed by atoms with Crippen LogP contribution in [0.25, 0.3) is 21.8 Å². The first-order chi connectivity index (χ1) is 12.6. The summed E-state index contributed by atoms with van der Waals surface area (Å²) in [6.07, 6.45) is 1.79. The van der Waals surface area contributed by atoms with Crippen LogP contribution in [0.1, 0.15) is 25.2 Å². The molecular formula is C22H22N2O2Sn. The zero-order valence-electron chi connectivity index (χ0n) is 15.5. The van der Waals surface area contributed by atoms with Gasteiger partial charge in [-0.2, -0.15) is 0 Å². The molecule has 2 aromatic heterocycles. The van der Waals surface area contributed by atoms with Crippen molar-refractivity contribution < 1.29 is 10.2 Å². The predicted octanol–water partition coefficient (Wildman–Crippen LogP) is 4.62. The summed E-state index contributed by atoms with van der Waals surface area (Å²) in [6, 6.07) is 18.8. The zero-order valence-corrected chi connectivity index (χ0v) is 18.3. The van der Waals surface area contributed by atoms with Gasteiger partial charge in [0.05, 0.1) is 0 Å². The van der Waals surface area contributed by atoms with Gasteiger partial charge in [0.1, 0.15) is 22.5 Å². The number of pyridine rings is 2. The number of hydrogen-bond donors (Lipinski definition) is 2. The molecule has 4 aromatic rings. The Morgan fingerprint density at radius 1 is 0.630 bits per heavy atom. The summed E-state index contributed by atoms with van der Waals surface area (Å²) in [4.78, 5) is 8.69. The molecule has 0 unspecified atom stereocenters. The van der Waals surface area contributed by atoms with E-state index in [9.17, 15) is 10.2 Å². The molecule has 136 valence electrons. The Morgan fingerprint density at radius 3 is 1.41 bits per heavy atom. The van der Waals surface area contributed by atoms with E-state index in [4.69, 9.17) is 0 Å². The first-order valence-corrected chi connectivity index (χ1v) is 8.77. The summed E-state index contributed by atoms with van der Waals surface area (Å²) in [5, 5.41) is 21.0. The second-order valence-electron chi connectivity index (χ2n) is 6.01. The van der Waals surface area contributed by atoms with E-state index in [-0.39, 0.29) is 35.4 Å². The van der Waals surface area contributed by atoms with E-state index in [0.29, 0.717) is 11.0 Å². The molecule has 4 rings (SSSR count). The van der Waals surface area contributed by atoms with E-state index < -0.39 is 0 Å². The molecule has 2 heterocycles. The van der Waals surface area contributed by atoms with E-state index in [1.807, 2.05) is 62.4 Å². The molecule has 27 heavy (non-hydrogen) atoms. The molecule has 2 N–H and O–H groups in total. The number of aromatic nitrogens is 2. The van der Waals surface area contributed by atoms with E-state index in [1.165, 1.54) is 0 Å². The van der Waals surface area contributed by atoms with Crippen molar-refractivity contribution in [2.24, 2.45) is 0 Å². The van der Waals surface area contributed by atoms with Crippen molar-refractivity contribution in [3.05, 3.63) is 72.1 Å². The van der Waals surface area contributed by atoms with E-state index in [0.717, 1.165) is 35.0 Å². The zero-order chi connectivity index (χ0) is 18.5. The molecule has 2 aromatic carbocycles. The number of phenols is 2. The predicted molar refractivity (Wildman–Crippen MR) is 111 cm³/mol. The molecule has 4 nitrogen and oxygen atoms in total. The molecule has 0 saturated carbocycles. The Kier molecular flexibility index (Phi) is 7.42. The first kappa shape index (κ1) is 21.0. The number of nitrogens with zero attached hydrogens (tertiary/aromatic N) is 2. The molecule has 5 heteroatoms. The number of aromatic hydroxyl groups is 2. The normalized spacial score (nSPS) is 10.1.